The van der Waals surface area contributed by atoms with Gasteiger partial charge >= 0.3 is 6.18 Å². The van der Waals surface area contributed by atoms with E-state index in [4.69, 9.17) is 4.74 Å². The highest BCUT2D eigenvalue weighted by Crippen LogP contribution is 2.43. The van der Waals surface area contributed by atoms with E-state index in [1.807, 2.05) is 12.3 Å². The maximum absolute atomic E-state index is 13.3. The molecule has 4 nitrogen and oxygen atoms in total. The highest BCUT2D eigenvalue weighted by atomic mass is 32.2. The Balaban J connectivity index is 1.97. The van der Waals surface area contributed by atoms with E-state index in [0.29, 0.717) is 11.8 Å². The van der Waals surface area contributed by atoms with Crippen molar-refractivity contribution in [3.05, 3.63) is 53.9 Å². The van der Waals surface area contributed by atoms with Crippen LogP contribution in [0.15, 0.2) is 52.4 Å². The lowest BCUT2D eigenvalue weighted by Crippen LogP contribution is -2.42. The number of nitrogens with zero attached hydrogens (tertiary/aromatic N) is 1. The van der Waals surface area contributed by atoms with Crippen molar-refractivity contribution in [2.75, 3.05) is 12.9 Å². The van der Waals surface area contributed by atoms with Crippen LogP contribution in [0.1, 0.15) is 37.1 Å². The second-order valence-electron chi connectivity index (χ2n) is 6.88. The molecule has 2 unspecified atom stereocenters. The monoisotopic (exact) mass is 431 g/mol. The van der Waals surface area contributed by atoms with Gasteiger partial charge in [-0.15, -0.1) is 11.8 Å². The first-order valence-corrected chi connectivity index (χ1v) is 11.3. The van der Waals surface area contributed by atoms with Gasteiger partial charge < -0.3 is 4.74 Å². The van der Waals surface area contributed by atoms with Crippen LogP contribution in [0.3, 0.4) is 0 Å². The summed E-state index contributed by atoms with van der Waals surface area (Å²) >= 11 is 1.48. The quantitative estimate of drug-likeness (QED) is 0.644. The van der Waals surface area contributed by atoms with Crippen molar-refractivity contribution in [2.45, 2.75) is 46.6 Å². The van der Waals surface area contributed by atoms with Gasteiger partial charge in [-0.3, -0.25) is 4.98 Å². The Kier molecular flexibility index (Phi) is 5.80. The largest absolute Gasteiger partial charge is 0.416 e. The molecule has 1 fully saturated rings. The summed E-state index contributed by atoms with van der Waals surface area (Å²) in [5, 5.41) is 0. The first-order chi connectivity index (χ1) is 13.1. The summed E-state index contributed by atoms with van der Waals surface area (Å²) in [6, 6.07) is 7.58. The molecule has 2 aromatic rings. The van der Waals surface area contributed by atoms with Crippen LogP contribution in [0.2, 0.25) is 0 Å². The van der Waals surface area contributed by atoms with E-state index >= 15 is 0 Å². The van der Waals surface area contributed by atoms with E-state index in [2.05, 4.69) is 4.98 Å². The first-order valence-electron chi connectivity index (χ1n) is 8.61. The van der Waals surface area contributed by atoms with Crippen LogP contribution >= 0.6 is 11.8 Å². The van der Waals surface area contributed by atoms with Crippen molar-refractivity contribution in [3.63, 3.8) is 0 Å². The van der Waals surface area contributed by atoms with Crippen LogP contribution in [-0.2, 0) is 20.8 Å². The van der Waals surface area contributed by atoms with Crippen LogP contribution in [0, 0.1) is 0 Å². The molecule has 0 aliphatic carbocycles. The zero-order valence-corrected chi connectivity index (χ0v) is 17.0. The summed E-state index contributed by atoms with van der Waals surface area (Å²) in [6.45, 7) is 1.75. The lowest BCUT2D eigenvalue weighted by Gasteiger charge is -2.37. The van der Waals surface area contributed by atoms with Gasteiger partial charge in [-0.1, -0.05) is 6.07 Å². The number of alkyl halides is 3. The molecule has 28 heavy (non-hydrogen) atoms. The van der Waals surface area contributed by atoms with Gasteiger partial charge in [-0.05, 0) is 56.4 Å². The molecule has 1 aliphatic rings. The van der Waals surface area contributed by atoms with Gasteiger partial charge in [-0.2, -0.15) is 13.2 Å². The highest BCUT2D eigenvalue weighted by Gasteiger charge is 2.46. The van der Waals surface area contributed by atoms with Crippen molar-refractivity contribution in [3.8, 4) is 0 Å². The van der Waals surface area contributed by atoms with Crippen LogP contribution < -0.4 is 0 Å². The fourth-order valence-corrected chi connectivity index (χ4v) is 5.77. The minimum absolute atomic E-state index is 0.121. The molecule has 0 bridgehead atoms. The second kappa shape index (κ2) is 7.68. The third-order valence-corrected chi connectivity index (χ3v) is 8.34. The van der Waals surface area contributed by atoms with Gasteiger partial charge in [0.05, 0.1) is 20.9 Å². The van der Waals surface area contributed by atoms with E-state index in [9.17, 15) is 21.6 Å². The average Bonchev–Trinajstić information content (AvgIpc) is 2.67. The molecule has 152 valence electrons. The number of sulfone groups is 1. The average molecular weight is 432 g/mol. The number of hydrogen-bond acceptors (Lipinski definition) is 5. The van der Waals surface area contributed by atoms with Gasteiger partial charge in [-0.25, -0.2) is 8.42 Å². The predicted octanol–water partition coefficient (Wildman–Crippen LogP) is 4.91. The number of benzene rings is 1. The summed E-state index contributed by atoms with van der Waals surface area (Å²) in [6.07, 6.45) is -1.32. The van der Waals surface area contributed by atoms with Gasteiger partial charge in [0.25, 0.3) is 0 Å². The molecule has 1 aliphatic heterocycles. The normalized spacial score (nSPS) is 23.5. The molecule has 1 aromatic heterocycles. The smallest absolute Gasteiger partial charge is 0.372 e. The third kappa shape index (κ3) is 3.92. The minimum atomic E-state index is -4.61. The molecule has 9 heteroatoms. The van der Waals surface area contributed by atoms with Gasteiger partial charge in [0.2, 0.25) is 0 Å². The third-order valence-electron chi connectivity index (χ3n) is 5.01. The topological polar surface area (TPSA) is 56.3 Å². The summed E-state index contributed by atoms with van der Waals surface area (Å²) in [4.78, 5) is 4.91. The standard InChI is InChI=1S/C19H20F3NO3S2/c1-18(28(24,25)14-6-3-5-13(11-14)19(20,21)22)8-10-26-15(12-18)17-16(27-2)7-4-9-23-17/h3-7,9,11,15H,8,10,12H2,1-2H3. The molecule has 2 atom stereocenters. The van der Waals surface area contributed by atoms with E-state index < -0.39 is 32.4 Å². The van der Waals surface area contributed by atoms with E-state index in [1.165, 1.54) is 17.8 Å². The van der Waals surface area contributed by atoms with Crippen LogP contribution in [0.4, 0.5) is 13.2 Å². The molecule has 1 saturated heterocycles. The predicted molar refractivity (Wildman–Crippen MR) is 101 cm³/mol. The molecular formula is C19H20F3NO3S2. The van der Waals surface area contributed by atoms with E-state index in [0.717, 1.165) is 17.0 Å². The zero-order valence-electron chi connectivity index (χ0n) is 15.4. The summed E-state index contributed by atoms with van der Waals surface area (Å²) in [7, 11) is -4.02. The van der Waals surface area contributed by atoms with E-state index in [1.54, 1.807) is 19.2 Å². The second-order valence-corrected chi connectivity index (χ2v) is 10.2. The minimum Gasteiger partial charge on any atom is -0.372 e. The zero-order chi connectivity index (χ0) is 20.6. The molecule has 0 amide bonds. The molecule has 2 heterocycles. The molecule has 0 radical (unpaired) electrons. The van der Waals surface area contributed by atoms with E-state index in [-0.39, 0.29) is 24.3 Å². The van der Waals surface area contributed by atoms with Gasteiger partial charge in [0.1, 0.15) is 6.10 Å². The van der Waals surface area contributed by atoms with Crippen LogP contribution in [0.25, 0.3) is 0 Å². The number of ether oxygens (including phenoxy) is 1. The molecule has 0 saturated carbocycles. The fraction of sp³-hybridized carbons (Fsp3) is 0.421. The molecule has 0 spiro atoms. The lowest BCUT2D eigenvalue weighted by molar-refractivity contribution is -0.137. The maximum atomic E-state index is 13.3. The summed E-state index contributed by atoms with van der Waals surface area (Å²) in [5.74, 6) is 0. The summed E-state index contributed by atoms with van der Waals surface area (Å²) < 4.78 is 70.2. The fourth-order valence-electron chi connectivity index (χ4n) is 3.33. The van der Waals surface area contributed by atoms with Crippen LogP contribution in [0.5, 0.6) is 0 Å². The van der Waals surface area contributed by atoms with Crippen LogP contribution in [-0.4, -0.2) is 31.0 Å². The number of aromatic nitrogens is 1. The first kappa shape index (κ1) is 21.1. The van der Waals surface area contributed by atoms with Gasteiger partial charge in [0.15, 0.2) is 9.84 Å². The SMILES string of the molecule is CSc1cccnc1C1CC(C)(S(=O)(=O)c2cccc(C(F)(F)F)c2)CCO1. The van der Waals surface area contributed by atoms with Crippen molar-refractivity contribution >= 4 is 21.6 Å². The molecule has 0 N–H and O–H groups in total. The number of halogens is 3. The van der Waals surface area contributed by atoms with Crippen molar-refractivity contribution in [1.29, 1.82) is 0 Å². The number of rotatable bonds is 4. The Labute approximate surface area is 166 Å². The molecule has 1 aromatic carbocycles. The Morgan fingerprint density at radius 2 is 2.00 bits per heavy atom. The maximum Gasteiger partial charge on any atom is 0.416 e. The number of thioether (sulfide) groups is 1. The summed E-state index contributed by atoms with van der Waals surface area (Å²) in [5.41, 5.74) is -0.324. The Morgan fingerprint density at radius 1 is 1.25 bits per heavy atom. The van der Waals surface area contributed by atoms with Crippen molar-refractivity contribution < 1.29 is 26.3 Å². The molecule has 3 rings (SSSR count). The number of pyridine rings is 1. The van der Waals surface area contributed by atoms with Crippen molar-refractivity contribution in [2.24, 2.45) is 0 Å². The van der Waals surface area contributed by atoms with Crippen molar-refractivity contribution in [1.82, 2.24) is 4.98 Å². The lowest BCUT2D eigenvalue weighted by atomic mass is 9.94. The Hall–Kier alpha value is -1.58. The molecular weight excluding hydrogens is 411 g/mol. The highest BCUT2D eigenvalue weighted by molar-refractivity contribution is 7.98. The Bertz CT molecular complexity index is 963. The van der Waals surface area contributed by atoms with Gasteiger partial charge in [0, 0.05) is 17.7 Å². The Morgan fingerprint density at radius 3 is 2.68 bits per heavy atom. The number of hydrogen-bond donors (Lipinski definition) is 0.